The van der Waals surface area contributed by atoms with Crippen LogP contribution in [0, 0.1) is 5.92 Å². The number of methoxy groups -OCH3 is 1. The van der Waals surface area contributed by atoms with Crippen LogP contribution in [0.1, 0.15) is 40.5 Å². The third-order valence-corrected chi connectivity index (χ3v) is 5.67. The molecule has 0 saturated carbocycles. The number of rotatable bonds is 9. The van der Waals surface area contributed by atoms with Gasteiger partial charge in [-0.1, -0.05) is 27.7 Å². The number of hydrogen-bond acceptors (Lipinski definition) is 4. The van der Waals surface area contributed by atoms with Crippen LogP contribution >= 0.6 is 0 Å². The average Bonchev–Trinajstić information content (AvgIpc) is 2.71. The number of nitrogens with zero attached hydrogens (tertiary/aromatic N) is 3. The van der Waals surface area contributed by atoms with E-state index in [1.165, 1.54) is 5.69 Å². The lowest BCUT2D eigenvalue weighted by molar-refractivity contribution is -0.137. The molecule has 1 fully saturated rings. The maximum atomic E-state index is 12.8. The number of ether oxygens (including phenoxy) is 1. The molecule has 0 unspecified atom stereocenters. The van der Waals surface area contributed by atoms with Crippen LogP contribution in [0.5, 0.6) is 5.75 Å². The third-order valence-electron chi connectivity index (χ3n) is 5.67. The second-order valence-electron chi connectivity index (χ2n) is 7.63. The number of anilines is 1. The number of likely N-dealkylation sites (N-methyl/N-ethyl adjacent to an activating group) is 1. The number of carbonyl (C=O) groups excluding carboxylic acids is 1. The largest absolute Gasteiger partial charge is 0.497 e. The molecule has 0 aliphatic carbocycles. The highest BCUT2D eigenvalue weighted by Gasteiger charge is 2.29. The molecule has 0 N–H and O–H groups in total. The Morgan fingerprint density at radius 3 is 2.19 bits per heavy atom. The van der Waals surface area contributed by atoms with Crippen molar-refractivity contribution in [2.24, 2.45) is 5.92 Å². The highest BCUT2D eigenvalue weighted by molar-refractivity contribution is 5.78. The van der Waals surface area contributed by atoms with Gasteiger partial charge in [0.15, 0.2) is 0 Å². The summed E-state index contributed by atoms with van der Waals surface area (Å²) in [7, 11) is 1.69. The smallest absolute Gasteiger partial charge is 0.225 e. The van der Waals surface area contributed by atoms with E-state index in [1.807, 2.05) is 26.0 Å². The lowest BCUT2D eigenvalue weighted by Crippen LogP contribution is -2.51. The van der Waals surface area contributed by atoms with Crippen molar-refractivity contribution >= 4 is 11.6 Å². The molecule has 0 spiro atoms. The van der Waals surface area contributed by atoms with Crippen LogP contribution < -0.4 is 9.64 Å². The number of benzene rings is 1. The van der Waals surface area contributed by atoms with Gasteiger partial charge in [-0.15, -0.1) is 0 Å². The molecule has 0 atom stereocenters. The van der Waals surface area contributed by atoms with Crippen molar-refractivity contribution in [2.45, 2.75) is 46.6 Å². The van der Waals surface area contributed by atoms with Gasteiger partial charge >= 0.3 is 0 Å². The van der Waals surface area contributed by atoms with E-state index in [2.05, 4.69) is 40.7 Å². The molecule has 1 heterocycles. The van der Waals surface area contributed by atoms with Crippen LogP contribution in [0.2, 0.25) is 0 Å². The van der Waals surface area contributed by atoms with E-state index in [-0.39, 0.29) is 5.92 Å². The van der Waals surface area contributed by atoms with Gasteiger partial charge in [0.1, 0.15) is 5.75 Å². The Bertz CT molecular complexity index is 561. The molecule has 2 rings (SSSR count). The van der Waals surface area contributed by atoms with Crippen molar-refractivity contribution in [1.82, 2.24) is 9.80 Å². The fourth-order valence-electron chi connectivity index (χ4n) is 3.82. The van der Waals surface area contributed by atoms with E-state index in [0.29, 0.717) is 11.9 Å². The molecule has 1 aromatic rings. The number of amides is 1. The Kier molecular flexibility index (Phi) is 8.42. The molecular formula is C22H37N3O2. The lowest BCUT2D eigenvalue weighted by atomic mass is 10.0. The SMILES string of the molecule is CCN(CC)CCN(C(=O)C(C)C)C1CCN(c2ccc(OC)cc2)CC1. The number of piperidine rings is 1. The van der Waals surface area contributed by atoms with Crippen LogP contribution in [0.15, 0.2) is 24.3 Å². The minimum absolute atomic E-state index is 0.0568. The minimum Gasteiger partial charge on any atom is -0.497 e. The van der Waals surface area contributed by atoms with Gasteiger partial charge in [0.25, 0.3) is 0 Å². The van der Waals surface area contributed by atoms with Crippen LogP contribution in [-0.2, 0) is 4.79 Å². The monoisotopic (exact) mass is 375 g/mol. The van der Waals surface area contributed by atoms with E-state index in [1.54, 1.807) is 7.11 Å². The first-order chi connectivity index (χ1) is 13.0. The quantitative estimate of drug-likeness (QED) is 0.662. The number of carbonyl (C=O) groups is 1. The average molecular weight is 376 g/mol. The fraction of sp³-hybridized carbons (Fsp3) is 0.682. The van der Waals surface area contributed by atoms with Gasteiger partial charge in [-0.05, 0) is 50.2 Å². The fourth-order valence-corrected chi connectivity index (χ4v) is 3.82. The van der Waals surface area contributed by atoms with E-state index in [0.717, 1.165) is 57.9 Å². The van der Waals surface area contributed by atoms with Crippen molar-refractivity contribution in [2.75, 3.05) is 51.3 Å². The molecule has 1 aliphatic heterocycles. The highest BCUT2D eigenvalue weighted by atomic mass is 16.5. The lowest BCUT2D eigenvalue weighted by Gasteiger charge is -2.41. The van der Waals surface area contributed by atoms with E-state index >= 15 is 0 Å². The minimum atomic E-state index is 0.0568. The standard InChI is InChI=1S/C22H37N3O2/c1-6-23(7-2)16-17-25(22(26)18(3)4)20-12-14-24(15-13-20)19-8-10-21(27-5)11-9-19/h8-11,18,20H,6-7,12-17H2,1-5H3. The molecule has 1 aliphatic rings. The molecule has 27 heavy (non-hydrogen) atoms. The Labute approximate surface area is 165 Å². The molecule has 5 heteroatoms. The summed E-state index contributed by atoms with van der Waals surface area (Å²) in [4.78, 5) is 19.8. The van der Waals surface area contributed by atoms with Crippen molar-refractivity contribution in [3.63, 3.8) is 0 Å². The van der Waals surface area contributed by atoms with Gasteiger partial charge in [-0.2, -0.15) is 0 Å². The molecule has 1 aromatic carbocycles. The summed E-state index contributed by atoms with van der Waals surface area (Å²) >= 11 is 0. The topological polar surface area (TPSA) is 36.0 Å². The summed E-state index contributed by atoms with van der Waals surface area (Å²) in [5, 5.41) is 0. The predicted octanol–water partition coefficient (Wildman–Crippen LogP) is 3.49. The first-order valence-electron chi connectivity index (χ1n) is 10.4. The van der Waals surface area contributed by atoms with Crippen LogP contribution in [0.4, 0.5) is 5.69 Å². The van der Waals surface area contributed by atoms with Crippen molar-refractivity contribution in [3.05, 3.63) is 24.3 Å². The van der Waals surface area contributed by atoms with E-state index in [4.69, 9.17) is 4.74 Å². The predicted molar refractivity (Wildman–Crippen MR) is 113 cm³/mol. The Morgan fingerprint density at radius 1 is 1.11 bits per heavy atom. The Hall–Kier alpha value is -1.75. The van der Waals surface area contributed by atoms with Gasteiger partial charge in [-0.25, -0.2) is 0 Å². The molecule has 1 saturated heterocycles. The van der Waals surface area contributed by atoms with Gasteiger partial charge in [0.05, 0.1) is 7.11 Å². The molecular weight excluding hydrogens is 338 g/mol. The van der Waals surface area contributed by atoms with Gasteiger partial charge in [-0.3, -0.25) is 4.79 Å². The summed E-state index contributed by atoms with van der Waals surface area (Å²) in [6, 6.07) is 8.62. The highest BCUT2D eigenvalue weighted by Crippen LogP contribution is 2.25. The molecule has 5 nitrogen and oxygen atoms in total. The Morgan fingerprint density at radius 2 is 1.70 bits per heavy atom. The van der Waals surface area contributed by atoms with Gasteiger partial charge in [0.2, 0.25) is 5.91 Å². The van der Waals surface area contributed by atoms with Crippen molar-refractivity contribution in [3.8, 4) is 5.75 Å². The van der Waals surface area contributed by atoms with Crippen molar-refractivity contribution < 1.29 is 9.53 Å². The molecule has 0 aromatic heterocycles. The second kappa shape index (κ2) is 10.5. The maximum Gasteiger partial charge on any atom is 0.225 e. The zero-order chi connectivity index (χ0) is 19.8. The molecule has 1 amide bonds. The third kappa shape index (κ3) is 5.86. The van der Waals surface area contributed by atoms with Crippen LogP contribution in [-0.4, -0.2) is 68.1 Å². The molecule has 152 valence electrons. The van der Waals surface area contributed by atoms with E-state index in [9.17, 15) is 4.79 Å². The van der Waals surface area contributed by atoms with E-state index < -0.39 is 0 Å². The summed E-state index contributed by atoms with van der Waals surface area (Å²) in [5.41, 5.74) is 1.24. The first-order valence-corrected chi connectivity index (χ1v) is 10.4. The molecule has 0 bridgehead atoms. The van der Waals surface area contributed by atoms with Crippen LogP contribution in [0.3, 0.4) is 0 Å². The Balaban J connectivity index is 1.98. The van der Waals surface area contributed by atoms with Crippen molar-refractivity contribution in [1.29, 1.82) is 0 Å². The second-order valence-corrected chi connectivity index (χ2v) is 7.63. The summed E-state index contributed by atoms with van der Waals surface area (Å²) in [6.45, 7) is 14.3. The first kappa shape index (κ1) is 21.5. The molecule has 0 radical (unpaired) electrons. The normalized spacial score (nSPS) is 15.4. The van der Waals surface area contributed by atoms with Crippen LogP contribution in [0.25, 0.3) is 0 Å². The summed E-state index contributed by atoms with van der Waals surface area (Å²) in [6.07, 6.45) is 2.06. The van der Waals surface area contributed by atoms with Gasteiger partial charge in [0, 0.05) is 43.8 Å². The maximum absolute atomic E-state index is 12.8. The summed E-state index contributed by atoms with van der Waals surface area (Å²) in [5.74, 6) is 1.24. The summed E-state index contributed by atoms with van der Waals surface area (Å²) < 4.78 is 5.25. The zero-order valence-electron chi connectivity index (χ0n) is 17.8. The van der Waals surface area contributed by atoms with Gasteiger partial charge < -0.3 is 19.4 Å². The zero-order valence-corrected chi connectivity index (χ0v) is 17.8. The number of hydrogen-bond donors (Lipinski definition) is 0.